The number of nitrogens with zero attached hydrogens (tertiary/aromatic N) is 4. The molecule has 92 valence electrons. The number of aromatic nitrogens is 4. The van der Waals surface area contributed by atoms with E-state index in [0.29, 0.717) is 18.7 Å². The van der Waals surface area contributed by atoms with E-state index >= 15 is 0 Å². The molecular formula is C11H16FN5. The van der Waals surface area contributed by atoms with Gasteiger partial charge < -0.3 is 5.32 Å². The molecule has 2 aromatic heterocycles. The van der Waals surface area contributed by atoms with Crippen LogP contribution in [-0.2, 0) is 20.1 Å². The van der Waals surface area contributed by atoms with Crippen molar-refractivity contribution in [3.63, 3.8) is 0 Å². The number of nitrogens with one attached hydrogen (secondary N) is 1. The van der Waals surface area contributed by atoms with Gasteiger partial charge in [-0.05, 0) is 13.8 Å². The SMILES string of the molecule is CCn1ncc(CNc2cnn(C)c2C)c1F. The Labute approximate surface area is 99.2 Å². The first-order chi connectivity index (χ1) is 8.13. The highest BCUT2D eigenvalue weighted by molar-refractivity contribution is 5.46. The predicted molar refractivity (Wildman–Crippen MR) is 63.1 cm³/mol. The Kier molecular flexibility index (Phi) is 3.12. The van der Waals surface area contributed by atoms with Crippen molar-refractivity contribution in [3.8, 4) is 0 Å². The topological polar surface area (TPSA) is 47.7 Å². The largest absolute Gasteiger partial charge is 0.378 e. The van der Waals surface area contributed by atoms with E-state index in [-0.39, 0.29) is 5.95 Å². The van der Waals surface area contributed by atoms with Gasteiger partial charge in [-0.3, -0.25) is 4.68 Å². The molecule has 5 nitrogen and oxygen atoms in total. The van der Waals surface area contributed by atoms with Crippen molar-refractivity contribution in [2.24, 2.45) is 7.05 Å². The summed E-state index contributed by atoms with van der Waals surface area (Å²) >= 11 is 0. The van der Waals surface area contributed by atoms with Crippen LogP contribution >= 0.6 is 0 Å². The van der Waals surface area contributed by atoms with Crippen LogP contribution in [-0.4, -0.2) is 19.6 Å². The Bertz CT molecular complexity index is 514. The molecular weight excluding hydrogens is 221 g/mol. The molecule has 2 heterocycles. The zero-order valence-corrected chi connectivity index (χ0v) is 10.2. The lowest BCUT2D eigenvalue weighted by atomic mass is 10.3. The molecule has 0 unspecified atom stereocenters. The van der Waals surface area contributed by atoms with Crippen LogP contribution in [0.25, 0.3) is 0 Å². The molecule has 0 aromatic carbocycles. The Morgan fingerprint density at radius 2 is 2.12 bits per heavy atom. The smallest absolute Gasteiger partial charge is 0.216 e. The second-order valence-electron chi connectivity index (χ2n) is 3.90. The normalized spacial score (nSPS) is 10.8. The van der Waals surface area contributed by atoms with Crippen LogP contribution in [0.5, 0.6) is 0 Å². The Balaban J connectivity index is 2.07. The molecule has 0 amide bonds. The minimum Gasteiger partial charge on any atom is -0.378 e. The van der Waals surface area contributed by atoms with Crippen molar-refractivity contribution in [3.05, 3.63) is 29.6 Å². The molecule has 0 saturated heterocycles. The first kappa shape index (κ1) is 11.6. The van der Waals surface area contributed by atoms with Gasteiger partial charge in [-0.25, -0.2) is 4.68 Å². The zero-order valence-electron chi connectivity index (χ0n) is 10.2. The molecule has 0 atom stereocenters. The lowest BCUT2D eigenvalue weighted by Crippen LogP contribution is -2.04. The van der Waals surface area contributed by atoms with E-state index in [2.05, 4.69) is 15.5 Å². The third kappa shape index (κ3) is 2.15. The van der Waals surface area contributed by atoms with Gasteiger partial charge in [0.15, 0.2) is 0 Å². The van der Waals surface area contributed by atoms with Crippen LogP contribution in [0.4, 0.5) is 10.1 Å². The molecule has 0 aliphatic carbocycles. The summed E-state index contributed by atoms with van der Waals surface area (Å²) in [5, 5.41) is 11.2. The second kappa shape index (κ2) is 4.57. The van der Waals surface area contributed by atoms with Crippen LogP contribution in [0.3, 0.4) is 0 Å². The van der Waals surface area contributed by atoms with Crippen LogP contribution in [0.1, 0.15) is 18.2 Å². The second-order valence-corrected chi connectivity index (χ2v) is 3.90. The first-order valence-electron chi connectivity index (χ1n) is 5.56. The summed E-state index contributed by atoms with van der Waals surface area (Å²) in [6.45, 7) is 4.77. The first-order valence-corrected chi connectivity index (χ1v) is 5.56. The molecule has 0 radical (unpaired) electrons. The summed E-state index contributed by atoms with van der Waals surface area (Å²) in [5.74, 6) is -0.276. The van der Waals surface area contributed by atoms with Crippen molar-refractivity contribution in [1.82, 2.24) is 19.6 Å². The predicted octanol–water partition coefficient (Wildman–Crippen LogP) is 1.70. The van der Waals surface area contributed by atoms with Crippen molar-refractivity contribution >= 4 is 5.69 Å². The molecule has 2 rings (SSSR count). The van der Waals surface area contributed by atoms with Crippen molar-refractivity contribution in [2.45, 2.75) is 26.9 Å². The molecule has 0 aliphatic heterocycles. The zero-order chi connectivity index (χ0) is 12.4. The Hall–Kier alpha value is -1.85. The van der Waals surface area contributed by atoms with E-state index in [0.717, 1.165) is 11.4 Å². The average molecular weight is 237 g/mol. The molecule has 2 aromatic rings. The maximum Gasteiger partial charge on any atom is 0.216 e. The van der Waals surface area contributed by atoms with Crippen molar-refractivity contribution in [1.29, 1.82) is 0 Å². The van der Waals surface area contributed by atoms with E-state index < -0.39 is 0 Å². The summed E-state index contributed by atoms with van der Waals surface area (Å²) in [7, 11) is 1.87. The summed E-state index contributed by atoms with van der Waals surface area (Å²) in [5.41, 5.74) is 2.50. The van der Waals surface area contributed by atoms with Crippen LogP contribution in [0.2, 0.25) is 0 Å². The number of aryl methyl sites for hydroxylation is 2. The number of hydrogen-bond acceptors (Lipinski definition) is 3. The fourth-order valence-electron chi connectivity index (χ4n) is 1.61. The third-order valence-corrected chi connectivity index (χ3v) is 2.85. The van der Waals surface area contributed by atoms with Gasteiger partial charge in [0, 0.05) is 25.7 Å². The summed E-state index contributed by atoms with van der Waals surface area (Å²) in [4.78, 5) is 0. The van der Waals surface area contributed by atoms with E-state index in [1.165, 1.54) is 4.68 Å². The quantitative estimate of drug-likeness (QED) is 0.880. The van der Waals surface area contributed by atoms with E-state index in [9.17, 15) is 4.39 Å². The highest BCUT2D eigenvalue weighted by atomic mass is 19.1. The van der Waals surface area contributed by atoms with Crippen LogP contribution in [0, 0.1) is 12.9 Å². The van der Waals surface area contributed by atoms with Gasteiger partial charge in [0.1, 0.15) is 0 Å². The molecule has 0 saturated carbocycles. The summed E-state index contributed by atoms with van der Waals surface area (Å²) in [6, 6.07) is 0. The van der Waals surface area contributed by atoms with Crippen LogP contribution < -0.4 is 5.32 Å². The summed E-state index contributed by atoms with van der Waals surface area (Å²) < 4.78 is 16.8. The van der Waals surface area contributed by atoms with Gasteiger partial charge in [0.05, 0.1) is 23.8 Å². The van der Waals surface area contributed by atoms with Crippen LogP contribution in [0.15, 0.2) is 12.4 Å². The number of halogens is 1. The number of anilines is 1. The third-order valence-electron chi connectivity index (χ3n) is 2.85. The Morgan fingerprint density at radius 1 is 1.35 bits per heavy atom. The highest BCUT2D eigenvalue weighted by Crippen LogP contribution is 2.14. The molecule has 0 fully saturated rings. The minimum atomic E-state index is -0.276. The maximum atomic E-state index is 13.7. The van der Waals surface area contributed by atoms with E-state index in [1.54, 1.807) is 17.1 Å². The molecule has 0 bridgehead atoms. The average Bonchev–Trinajstić information content (AvgIpc) is 2.83. The fourth-order valence-corrected chi connectivity index (χ4v) is 1.61. The molecule has 0 aliphatic rings. The minimum absolute atomic E-state index is 0.276. The molecule has 0 spiro atoms. The monoisotopic (exact) mass is 237 g/mol. The van der Waals surface area contributed by atoms with Crippen molar-refractivity contribution < 1.29 is 4.39 Å². The van der Waals surface area contributed by atoms with Gasteiger partial charge >= 0.3 is 0 Å². The van der Waals surface area contributed by atoms with E-state index in [4.69, 9.17) is 0 Å². The van der Waals surface area contributed by atoms with Gasteiger partial charge in [-0.15, -0.1) is 0 Å². The number of rotatable bonds is 4. The highest BCUT2D eigenvalue weighted by Gasteiger charge is 2.10. The standard InChI is InChI=1S/C11H16FN5/c1-4-17-11(12)9(6-15-17)5-13-10-7-14-16(3)8(10)2/h6-7,13H,4-5H2,1-3H3. The van der Waals surface area contributed by atoms with E-state index in [1.807, 2.05) is 20.9 Å². The lowest BCUT2D eigenvalue weighted by Gasteiger charge is -2.04. The fraction of sp³-hybridized carbons (Fsp3) is 0.455. The van der Waals surface area contributed by atoms with Gasteiger partial charge in [0.25, 0.3) is 0 Å². The van der Waals surface area contributed by atoms with Crippen molar-refractivity contribution in [2.75, 3.05) is 5.32 Å². The molecule has 1 N–H and O–H groups in total. The lowest BCUT2D eigenvalue weighted by molar-refractivity contribution is 0.465. The Morgan fingerprint density at radius 3 is 2.65 bits per heavy atom. The number of hydrogen-bond donors (Lipinski definition) is 1. The summed E-state index contributed by atoms with van der Waals surface area (Å²) in [6.07, 6.45) is 3.29. The van der Waals surface area contributed by atoms with Gasteiger partial charge in [-0.1, -0.05) is 0 Å². The maximum absolute atomic E-state index is 13.7. The van der Waals surface area contributed by atoms with Gasteiger partial charge in [0.2, 0.25) is 5.95 Å². The van der Waals surface area contributed by atoms with Gasteiger partial charge in [-0.2, -0.15) is 14.6 Å². The molecule has 6 heteroatoms. The molecule has 17 heavy (non-hydrogen) atoms.